The first-order valence-electron chi connectivity index (χ1n) is 13.6. The molecule has 3 N–H and O–H groups in total. The Hall–Kier alpha value is -2.52. The van der Waals surface area contributed by atoms with Crippen LogP contribution in [-0.4, -0.2) is 52.0 Å². The van der Waals surface area contributed by atoms with Gasteiger partial charge >= 0.3 is 6.03 Å². The largest absolute Gasteiger partial charge is 0.351 e. The molecule has 1 saturated heterocycles. The van der Waals surface area contributed by atoms with Gasteiger partial charge in [0.15, 0.2) is 0 Å². The van der Waals surface area contributed by atoms with E-state index in [4.69, 9.17) is 10.7 Å². The predicted octanol–water partition coefficient (Wildman–Crippen LogP) is 4.96. The number of nitrogens with two attached hydrogens (primary N) is 1. The Morgan fingerprint density at radius 1 is 1.14 bits per heavy atom. The zero-order chi connectivity index (χ0) is 27.0. The fourth-order valence-electron chi connectivity index (χ4n) is 5.08. The van der Waals surface area contributed by atoms with Gasteiger partial charge in [0.2, 0.25) is 0 Å². The summed E-state index contributed by atoms with van der Waals surface area (Å²) in [6.07, 6.45) is 12.5. The van der Waals surface area contributed by atoms with Crippen molar-refractivity contribution in [1.82, 2.24) is 9.62 Å². The van der Waals surface area contributed by atoms with E-state index < -0.39 is 22.6 Å². The molecule has 204 valence electrons. The van der Waals surface area contributed by atoms with Crippen molar-refractivity contribution in [1.29, 1.82) is 0 Å². The van der Waals surface area contributed by atoms with Crippen LogP contribution in [0.4, 0.5) is 10.5 Å². The molecule has 1 aromatic carbocycles. The van der Waals surface area contributed by atoms with E-state index in [0.717, 1.165) is 41.1 Å². The average Bonchev–Trinajstić information content (AvgIpc) is 3.16. The molecule has 2 aliphatic heterocycles. The summed E-state index contributed by atoms with van der Waals surface area (Å²) in [5.41, 5.74) is 8.33. The Morgan fingerprint density at radius 2 is 1.73 bits per heavy atom. The quantitative estimate of drug-likeness (QED) is 0.374. The lowest BCUT2D eigenvalue weighted by Gasteiger charge is -2.33. The van der Waals surface area contributed by atoms with Crippen LogP contribution in [0, 0.1) is 13.8 Å². The molecule has 0 aromatic heterocycles. The van der Waals surface area contributed by atoms with Crippen molar-refractivity contribution in [3.8, 4) is 0 Å². The van der Waals surface area contributed by atoms with Gasteiger partial charge in [-0.1, -0.05) is 45.4 Å². The summed E-state index contributed by atoms with van der Waals surface area (Å²) in [5.74, 6) is 0.822. The molecule has 1 aromatic rings. The molecule has 2 aliphatic rings. The Kier molecular flexibility index (Phi) is 10.5. The molecule has 1 unspecified atom stereocenters. The second-order valence-electron chi connectivity index (χ2n) is 10.3. The SMILES string of the molecule is CCCCCCCCCC1=NC2(CCN(S(=O)/C=C/c3c(C)cc(N(C)C(N)=O)cc3C)CC2)C(=O)N1. The lowest BCUT2D eigenvalue weighted by Crippen LogP contribution is -2.49. The number of unbranched alkanes of at least 4 members (excludes halogenated alkanes) is 6. The summed E-state index contributed by atoms with van der Waals surface area (Å²) in [4.78, 5) is 30.5. The van der Waals surface area contributed by atoms with E-state index in [0.29, 0.717) is 25.9 Å². The molecular weight excluding hydrogens is 486 g/mol. The molecule has 1 fully saturated rings. The summed E-state index contributed by atoms with van der Waals surface area (Å²) in [6, 6.07) is 3.27. The van der Waals surface area contributed by atoms with Gasteiger partial charge in [0, 0.05) is 37.7 Å². The van der Waals surface area contributed by atoms with Gasteiger partial charge in [-0.15, -0.1) is 0 Å². The molecule has 0 aliphatic carbocycles. The second-order valence-corrected chi connectivity index (χ2v) is 11.7. The van der Waals surface area contributed by atoms with Crippen molar-refractivity contribution in [2.75, 3.05) is 25.0 Å². The number of amidine groups is 1. The number of piperidine rings is 1. The number of nitrogens with zero attached hydrogens (tertiary/aromatic N) is 3. The fourth-order valence-corrected chi connectivity index (χ4v) is 6.04. The lowest BCUT2D eigenvalue weighted by atomic mass is 9.89. The molecule has 2 heterocycles. The number of hydrogen-bond acceptors (Lipinski definition) is 4. The smallest absolute Gasteiger partial charge is 0.318 e. The number of benzene rings is 1. The normalized spacial score (nSPS) is 18.3. The van der Waals surface area contributed by atoms with Crippen molar-refractivity contribution in [3.05, 3.63) is 34.2 Å². The van der Waals surface area contributed by atoms with Crippen molar-refractivity contribution in [2.24, 2.45) is 10.7 Å². The first-order chi connectivity index (χ1) is 17.7. The van der Waals surface area contributed by atoms with Crippen LogP contribution < -0.4 is 16.0 Å². The highest BCUT2D eigenvalue weighted by atomic mass is 32.2. The number of nitrogens with one attached hydrogen (secondary N) is 1. The zero-order valence-electron chi connectivity index (χ0n) is 22.8. The third-order valence-electron chi connectivity index (χ3n) is 7.50. The van der Waals surface area contributed by atoms with E-state index >= 15 is 0 Å². The molecule has 3 rings (SSSR count). The van der Waals surface area contributed by atoms with E-state index in [1.165, 1.54) is 43.4 Å². The number of urea groups is 1. The van der Waals surface area contributed by atoms with E-state index in [9.17, 15) is 13.8 Å². The molecule has 3 amide bonds. The van der Waals surface area contributed by atoms with Crippen LogP contribution in [-0.2, 0) is 15.8 Å². The van der Waals surface area contributed by atoms with Crippen molar-refractivity contribution >= 4 is 40.5 Å². The van der Waals surface area contributed by atoms with Gasteiger partial charge in [0.25, 0.3) is 5.91 Å². The number of rotatable bonds is 12. The van der Waals surface area contributed by atoms with E-state index in [1.807, 2.05) is 36.4 Å². The monoisotopic (exact) mass is 529 g/mol. The van der Waals surface area contributed by atoms with Crippen LogP contribution in [0.3, 0.4) is 0 Å². The minimum absolute atomic E-state index is 0.00121. The Labute approximate surface area is 224 Å². The average molecular weight is 530 g/mol. The third kappa shape index (κ3) is 7.51. The minimum Gasteiger partial charge on any atom is -0.351 e. The maximum absolute atomic E-state index is 13.0. The van der Waals surface area contributed by atoms with Gasteiger partial charge in [-0.25, -0.2) is 13.3 Å². The maximum atomic E-state index is 13.0. The molecular formula is C28H43N5O3S. The van der Waals surface area contributed by atoms with Crippen LogP contribution in [0.25, 0.3) is 6.08 Å². The Balaban J connectivity index is 1.52. The molecule has 8 nitrogen and oxygen atoms in total. The second kappa shape index (κ2) is 13.3. The summed E-state index contributed by atoms with van der Waals surface area (Å²) >= 11 is 0. The highest BCUT2D eigenvalue weighted by molar-refractivity contribution is 7.85. The number of amides is 3. The molecule has 1 atom stereocenters. The van der Waals surface area contributed by atoms with Gasteiger partial charge in [-0.3, -0.25) is 14.7 Å². The molecule has 0 radical (unpaired) electrons. The number of aryl methyl sites for hydroxylation is 2. The van der Waals surface area contributed by atoms with Crippen LogP contribution >= 0.6 is 0 Å². The number of anilines is 1. The topological polar surface area (TPSA) is 108 Å². The predicted molar refractivity (Wildman–Crippen MR) is 153 cm³/mol. The van der Waals surface area contributed by atoms with Gasteiger partial charge in [0.05, 0.1) is 0 Å². The number of primary amides is 1. The van der Waals surface area contributed by atoms with Gasteiger partial charge in [-0.2, -0.15) is 0 Å². The first-order valence-corrected chi connectivity index (χ1v) is 14.7. The van der Waals surface area contributed by atoms with Crippen molar-refractivity contribution in [3.63, 3.8) is 0 Å². The molecule has 0 saturated carbocycles. The highest BCUT2D eigenvalue weighted by Gasteiger charge is 2.46. The van der Waals surface area contributed by atoms with E-state index in [2.05, 4.69) is 12.2 Å². The molecule has 1 spiro atoms. The number of carbonyl (C=O) groups excluding carboxylic acids is 2. The summed E-state index contributed by atoms with van der Waals surface area (Å²) in [5, 5.41) is 4.72. The van der Waals surface area contributed by atoms with Crippen LogP contribution in [0.2, 0.25) is 0 Å². The first kappa shape index (κ1) is 29.0. The number of aliphatic imine (C=N–C) groups is 1. The highest BCUT2D eigenvalue weighted by Crippen LogP contribution is 2.32. The standard InChI is InChI=1S/C28H43N5O3S/c1-5-6-7-8-9-10-11-12-25-30-26(34)28(31-25)14-16-33(17-15-28)37(36)18-13-24-21(2)19-23(20-22(24)3)32(4)27(29)35/h13,18-20H,5-12,14-17H2,1-4H3,(H2,29,35)(H,30,31,34)/b18-13+. The van der Waals surface area contributed by atoms with Crippen LogP contribution in [0.1, 0.15) is 87.8 Å². The molecule has 0 bridgehead atoms. The lowest BCUT2D eigenvalue weighted by molar-refractivity contribution is -0.124. The van der Waals surface area contributed by atoms with Crippen molar-refractivity contribution < 1.29 is 13.8 Å². The van der Waals surface area contributed by atoms with E-state index in [-0.39, 0.29) is 5.91 Å². The van der Waals surface area contributed by atoms with Crippen LogP contribution in [0.15, 0.2) is 22.5 Å². The Bertz CT molecular complexity index is 1040. The minimum atomic E-state index is -1.30. The molecule has 37 heavy (non-hydrogen) atoms. The summed E-state index contributed by atoms with van der Waals surface area (Å²) in [7, 11) is 0.333. The number of hydrogen-bond donors (Lipinski definition) is 2. The third-order valence-corrected chi connectivity index (χ3v) is 8.74. The van der Waals surface area contributed by atoms with Gasteiger partial charge in [-0.05, 0) is 68.0 Å². The van der Waals surface area contributed by atoms with E-state index in [1.54, 1.807) is 12.5 Å². The fraction of sp³-hybridized carbons (Fsp3) is 0.607. The summed E-state index contributed by atoms with van der Waals surface area (Å²) in [6.45, 7) is 7.25. The maximum Gasteiger partial charge on any atom is 0.318 e. The van der Waals surface area contributed by atoms with Gasteiger partial charge < -0.3 is 11.1 Å². The van der Waals surface area contributed by atoms with Crippen molar-refractivity contribution in [2.45, 2.75) is 90.5 Å². The summed E-state index contributed by atoms with van der Waals surface area (Å²) < 4.78 is 14.9. The zero-order valence-corrected chi connectivity index (χ0v) is 23.7. The number of carbonyl (C=O) groups is 2. The Morgan fingerprint density at radius 3 is 2.32 bits per heavy atom. The van der Waals surface area contributed by atoms with Crippen LogP contribution in [0.5, 0.6) is 0 Å². The molecule has 9 heteroatoms. The van der Waals surface area contributed by atoms with Gasteiger partial charge in [0.1, 0.15) is 22.4 Å².